The van der Waals surface area contributed by atoms with Crippen LogP contribution in [-0.2, 0) is 14.1 Å². The molecule has 1 aromatic heterocycles. The maximum atomic E-state index is 13.2. The number of likely N-dealkylation sites (tertiary alicyclic amines) is 1. The predicted molar refractivity (Wildman–Crippen MR) is 111 cm³/mol. The number of anilines is 1. The van der Waals surface area contributed by atoms with Gasteiger partial charge in [0.15, 0.2) is 0 Å². The molecule has 2 saturated heterocycles. The molecule has 0 aromatic carbocycles. The first kappa shape index (κ1) is 20.4. The van der Waals surface area contributed by atoms with Gasteiger partial charge in [-0.3, -0.25) is 14.6 Å². The Hall–Kier alpha value is -1.93. The van der Waals surface area contributed by atoms with Crippen molar-refractivity contribution in [3.63, 3.8) is 0 Å². The summed E-state index contributed by atoms with van der Waals surface area (Å²) in [4.78, 5) is 30.7. The van der Waals surface area contributed by atoms with Crippen LogP contribution in [0.15, 0.2) is 12.3 Å². The number of aryl methyl sites for hydroxylation is 1. The van der Waals surface area contributed by atoms with Crippen molar-refractivity contribution >= 4 is 24.6 Å². The summed E-state index contributed by atoms with van der Waals surface area (Å²) in [5.41, 5.74) is 1.09. The molecule has 1 aromatic rings. The zero-order chi connectivity index (χ0) is 21.2. The van der Waals surface area contributed by atoms with Crippen LogP contribution in [0.25, 0.3) is 0 Å². The molecule has 1 saturated carbocycles. The van der Waals surface area contributed by atoms with E-state index < -0.39 is 0 Å². The molecule has 156 valence electrons. The van der Waals surface area contributed by atoms with Gasteiger partial charge in [-0.1, -0.05) is 0 Å². The van der Waals surface area contributed by atoms with Crippen LogP contribution in [0.5, 0.6) is 0 Å². The molecule has 0 bridgehead atoms. The van der Waals surface area contributed by atoms with Gasteiger partial charge in [-0.15, -0.1) is 0 Å². The molecule has 8 heteroatoms. The first-order chi connectivity index (χ1) is 13.4. The molecule has 0 spiro atoms. The fourth-order valence-electron chi connectivity index (χ4n) is 4.51. The number of hydrogen-bond acceptors (Lipinski definition) is 5. The van der Waals surface area contributed by atoms with E-state index in [9.17, 15) is 9.59 Å². The molecule has 3 heterocycles. The quantitative estimate of drug-likeness (QED) is 0.791. The Bertz CT molecular complexity index is 855. The lowest BCUT2D eigenvalue weighted by atomic mass is 9.63. The van der Waals surface area contributed by atoms with E-state index in [0.29, 0.717) is 36.0 Å². The van der Waals surface area contributed by atoms with Crippen LogP contribution < -0.4 is 5.32 Å². The van der Waals surface area contributed by atoms with E-state index in [-0.39, 0.29) is 35.4 Å². The largest absolute Gasteiger partial charge is 0.464 e. The summed E-state index contributed by atoms with van der Waals surface area (Å²) in [6.45, 7) is 13.0. The Kier molecular flexibility index (Phi) is 4.59. The van der Waals surface area contributed by atoms with Crippen LogP contribution in [0.4, 0.5) is 5.69 Å². The number of amides is 2. The van der Waals surface area contributed by atoms with Gasteiger partial charge in [0.25, 0.3) is 5.91 Å². The zero-order valence-corrected chi connectivity index (χ0v) is 18.2. The topological polar surface area (TPSA) is 80.8 Å². The lowest BCUT2D eigenvalue weighted by Crippen LogP contribution is -2.42. The minimum absolute atomic E-state index is 0.0210. The van der Waals surface area contributed by atoms with Crippen molar-refractivity contribution in [1.82, 2.24) is 9.88 Å². The number of aromatic nitrogens is 1. The van der Waals surface area contributed by atoms with Gasteiger partial charge in [0, 0.05) is 25.3 Å². The number of fused-ring (bicyclic) bond motifs is 1. The Labute approximate surface area is 172 Å². The Morgan fingerprint density at radius 3 is 2.48 bits per heavy atom. The van der Waals surface area contributed by atoms with Crippen molar-refractivity contribution in [3.8, 4) is 0 Å². The second-order valence-electron chi connectivity index (χ2n) is 9.76. The number of rotatable bonds is 3. The molecule has 2 atom stereocenters. The SMILES string of the molecule is CC(=O)Nc1cnc(C)c(C(=O)N2CCC3(B4OC(C)(C)C(C)(C)O4)CC3C2)c1. The molecule has 2 amide bonds. The zero-order valence-electron chi connectivity index (χ0n) is 18.2. The third-order valence-corrected chi connectivity index (χ3v) is 7.21. The third kappa shape index (κ3) is 3.36. The average molecular weight is 399 g/mol. The lowest BCUT2D eigenvalue weighted by Gasteiger charge is -2.33. The van der Waals surface area contributed by atoms with Gasteiger partial charge in [-0.05, 0) is 59.4 Å². The Balaban J connectivity index is 1.46. The summed E-state index contributed by atoms with van der Waals surface area (Å²) in [5.74, 6) is 0.176. The minimum atomic E-state index is -0.334. The fraction of sp³-hybridized carbons (Fsp3) is 0.667. The summed E-state index contributed by atoms with van der Waals surface area (Å²) in [6.07, 6.45) is 3.47. The van der Waals surface area contributed by atoms with E-state index in [1.807, 2.05) is 11.8 Å². The van der Waals surface area contributed by atoms with Crippen LogP contribution in [0, 0.1) is 12.8 Å². The Morgan fingerprint density at radius 1 is 1.24 bits per heavy atom. The molecule has 2 unspecified atom stereocenters. The Morgan fingerprint density at radius 2 is 1.90 bits per heavy atom. The standard InChI is InChI=1S/C21H30BN3O4/c1-13-17(9-16(11-23-13)24-14(2)26)18(27)25-8-7-21(10-15(21)12-25)22-28-19(3,4)20(5,6)29-22/h9,11,15H,7-8,10,12H2,1-6H3,(H,24,26). The average Bonchev–Trinajstić information content (AvgIpc) is 3.31. The minimum Gasteiger partial charge on any atom is -0.403 e. The van der Waals surface area contributed by atoms with Crippen LogP contribution in [0.3, 0.4) is 0 Å². The summed E-state index contributed by atoms with van der Waals surface area (Å²) in [5, 5.41) is 2.72. The summed E-state index contributed by atoms with van der Waals surface area (Å²) in [6, 6.07) is 1.72. The molecule has 3 aliphatic rings. The van der Waals surface area contributed by atoms with Crippen molar-refractivity contribution in [2.24, 2.45) is 5.92 Å². The normalized spacial score (nSPS) is 29.4. The van der Waals surface area contributed by atoms with Crippen molar-refractivity contribution in [1.29, 1.82) is 0 Å². The van der Waals surface area contributed by atoms with E-state index in [2.05, 4.69) is 38.0 Å². The smallest absolute Gasteiger partial charge is 0.403 e. The first-order valence-corrected chi connectivity index (χ1v) is 10.3. The number of nitrogens with one attached hydrogen (secondary N) is 1. The van der Waals surface area contributed by atoms with E-state index in [1.165, 1.54) is 6.92 Å². The van der Waals surface area contributed by atoms with Crippen molar-refractivity contribution in [3.05, 3.63) is 23.5 Å². The highest BCUT2D eigenvalue weighted by Crippen LogP contribution is 2.69. The van der Waals surface area contributed by atoms with Gasteiger partial charge in [0.05, 0.1) is 34.3 Å². The van der Waals surface area contributed by atoms with E-state index in [1.54, 1.807) is 12.3 Å². The van der Waals surface area contributed by atoms with Crippen LogP contribution >= 0.6 is 0 Å². The van der Waals surface area contributed by atoms with Crippen LogP contribution in [0.2, 0.25) is 5.31 Å². The van der Waals surface area contributed by atoms with Gasteiger partial charge >= 0.3 is 7.12 Å². The third-order valence-electron chi connectivity index (χ3n) is 7.21. The first-order valence-electron chi connectivity index (χ1n) is 10.3. The van der Waals surface area contributed by atoms with Gasteiger partial charge < -0.3 is 19.5 Å². The van der Waals surface area contributed by atoms with Gasteiger partial charge in [-0.2, -0.15) is 0 Å². The molecule has 1 aliphatic carbocycles. The maximum absolute atomic E-state index is 13.2. The maximum Gasteiger partial charge on any atom is 0.464 e. The van der Waals surface area contributed by atoms with Crippen molar-refractivity contribution in [2.45, 2.75) is 70.9 Å². The predicted octanol–water partition coefficient (Wildman–Crippen LogP) is 3.05. The second kappa shape index (κ2) is 6.54. The van der Waals surface area contributed by atoms with E-state index >= 15 is 0 Å². The van der Waals surface area contributed by atoms with Gasteiger partial charge in [0.2, 0.25) is 5.91 Å². The highest BCUT2D eigenvalue weighted by molar-refractivity contribution is 6.51. The number of carbonyl (C=O) groups is 2. The molecule has 2 aliphatic heterocycles. The highest BCUT2D eigenvalue weighted by atomic mass is 16.7. The number of hydrogen-bond donors (Lipinski definition) is 1. The van der Waals surface area contributed by atoms with Crippen molar-refractivity contribution < 1.29 is 18.9 Å². The summed E-state index contributed by atoms with van der Waals surface area (Å²) >= 11 is 0. The lowest BCUT2D eigenvalue weighted by molar-refractivity contribution is -0.114. The molecule has 3 fully saturated rings. The second-order valence-corrected chi connectivity index (χ2v) is 9.76. The van der Waals surface area contributed by atoms with Crippen LogP contribution in [-0.4, -0.2) is 53.1 Å². The summed E-state index contributed by atoms with van der Waals surface area (Å²) < 4.78 is 12.6. The number of carbonyl (C=O) groups excluding carboxylic acids is 2. The number of pyridine rings is 1. The van der Waals surface area contributed by atoms with Crippen LogP contribution in [0.1, 0.15) is 63.5 Å². The molecule has 29 heavy (non-hydrogen) atoms. The highest BCUT2D eigenvalue weighted by Gasteiger charge is 2.70. The van der Waals surface area contributed by atoms with E-state index in [0.717, 1.165) is 12.8 Å². The molecule has 0 radical (unpaired) electrons. The van der Waals surface area contributed by atoms with Gasteiger partial charge in [0.1, 0.15) is 0 Å². The molecular weight excluding hydrogens is 369 g/mol. The monoisotopic (exact) mass is 399 g/mol. The molecular formula is C21H30BN3O4. The van der Waals surface area contributed by atoms with Gasteiger partial charge in [-0.25, -0.2) is 0 Å². The number of piperidine rings is 1. The summed E-state index contributed by atoms with van der Waals surface area (Å²) in [7, 11) is -0.207. The molecule has 4 rings (SSSR count). The molecule has 7 nitrogen and oxygen atoms in total. The molecule has 1 N–H and O–H groups in total. The number of nitrogens with zero attached hydrogens (tertiary/aromatic N) is 2. The van der Waals surface area contributed by atoms with Crippen molar-refractivity contribution in [2.75, 3.05) is 18.4 Å². The van der Waals surface area contributed by atoms with E-state index in [4.69, 9.17) is 9.31 Å². The fourth-order valence-corrected chi connectivity index (χ4v) is 4.51.